The second kappa shape index (κ2) is 8.72. The number of benzene rings is 1. The Labute approximate surface area is 179 Å². The van der Waals surface area contributed by atoms with Gasteiger partial charge in [-0.2, -0.15) is 0 Å². The summed E-state index contributed by atoms with van der Waals surface area (Å²) >= 11 is 1.06. The summed E-state index contributed by atoms with van der Waals surface area (Å²) in [5, 5.41) is 41.4. The van der Waals surface area contributed by atoms with E-state index in [2.05, 4.69) is 15.0 Å². The Morgan fingerprint density at radius 1 is 1.26 bits per heavy atom. The van der Waals surface area contributed by atoms with Gasteiger partial charge in [0, 0.05) is 10.5 Å². The fourth-order valence-electron chi connectivity index (χ4n) is 3.39. The summed E-state index contributed by atoms with van der Waals surface area (Å²) in [6.45, 7) is -0.471. The number of nitro groups is 1. The highest BCUT2D eigenvalue weighted by molar-refractivity contribution is 7.99. The summed E-state index contributed by atoms with van der Waals surface area (Å²) in [7, 11) is 0. The lowest BCUT2D eigenvalue weighted by molar-refractivity contribution is -0.522. The quantitative estimate of drug-likeness (QED) is 0.167. The number of thioether (sulfide) groups is 1. The highest BCUT2D eigenvalue weighted by Gasteiger charge is 2.44. The molecule has 1 fully saturated rings. The third kappa shape index (κ3) is 4.05. The van der Waals surface area contributed by atoms with Gasteiger partial charge >= 0.3 is 0 Å². The minimum atomic E-state index is -1.32. The van der Waals surface area contributed by atoms with Crippen molar-refractivity contribution in [1.82, 2.24) is 19.5 Å². The number of fused-ring (bicyclic) bond motifs is 1. The minimum absolute atomic E-state index is 0.0651. The van der Waals surface area contributed by atoms with Crippen LogP contribution in [0.4, 0.5) is 5.82 Å². The van der Waals surface area contributed by atoms with Crippen LogP contribution in [0.5, 0.6) is 0 Å². The maximum absolute atomic E-state index is 11.5. The molecule has 1 aliphatic heterocycles. The van der Waals surface area contributed by atoms with Gasteiger partial charge in [-0.05, 0) is 0 Å². The summed E-state index contributed by atoms with van der Waals surface area (Å²) < 4.78 is 6.92. The number of aliphatic hydroxyl groups excluding tert-OH is 3. The molecule has 31 heavy (non-hydrogen) atoms. The molecule has 164 valence electrons. The number of nitrogens with two attached hydrogens (primary N) is 1. The van der Waals surface area contributed by atoms with Gasteiger partial charge in [0.2, 0.25) is 6.04 Å². The Morgan fingerprint density at radius 2 is 2.00 bits per heavy atom. The molecule has 5 N–H and O–H groups in total. The maximum atomic E-state index is 11.5. The summed E-state index contributed by atoms with van der Waals surface area (Å²) in [5.41, 5.74) is 7.05. The zero-order valence-electron chi connectivity index (χ0n) is 16.1. The van der Waals surface area contributed by atoms with Crippen LogP contribution in [-0.2, 0) is 4.74 Å². The summed E-state index contributed by atoms with van der Waals surface area (Å²) in [6.07, 6.45) is -3.27. The van der Waals surface area contributed by atoms with E-state index in [0.717, 1.165) is 11.8 Å². The van der Waals surface area contributed by atoms with E-state index < -0.39 is 37.2 Å². The van der Waals surface area contributed by atoms with Gasteiger partial charge < -0.3 is 25.8 Å². The van der Waals surface area contributed by atoms with Crippen molar-refractivity contribution in [2.24, 2.45) is 0 Å². The number of hydrogen-bond acceptors (Lipinski definition) is 11. The van der Waals surface area contributed by atoms with Crippen LogP contribution in [0.3, 0.4) is 0 Å². The molecule has 12 nitrogen and oxygen atoms in total. The molecule has 3 unspecified atom stereocenters. The van der Waals surface area contributed by atoms with E-state index in [1.54, 1.807) is 30.3 Å². The van der Waals surface area contributed by atoms with E-state index in [4.69, 9.17) is 10.5 Å². The standard InChI is InChI=1S/C18H20N6O6S/c19-15-12-16(23(8-20-12)17-14(27)13(26)11(6-25)30-17)22-18(21-15)31-7-10(24(28)29)9-4-2-1-3-5-9/h1-5,8,10-11,13-14,17,25-27H,6-7H2,(H2,19,21,22)/t10?,11-,13?,14?,17-/m1/s1. The highest BCUT2D eigenvalue weighted by Crippen LogP contribution is 2.33. The number of rotatable bonds is 7. The largest absolute Gasteiger partial charge is 0.394 e. The molecular weight excluding hydrogens is 428 g/mol. The second-order valence-corrected chi connectivity index (χ2v) is 7.95. The molecule has 3 heterocycles. The number of aromatic nitrogens is 4. The van der Waals surface area contributed by atoms with Crippen molar-refractivity contribution in [3.05, 3.63) is 52.3 Å². The molecule has 1 aliphatic rings. The zero-order chi connectivity index (χ0) is 22.1. The van der Waals surface area contributed by atoms with Gasteiger partial charge in [0.1, 0.15) is 23.8 Å². The average Bonchev–Trinajstić information content (AvgIpc) is 3.30. The smallest absolute Gasteiger partial charge is 0.247 e. The van der Waals surface area contributed by atoms with E-state index in [1.165, 1.54) is 10.9 Å². The average molecular weight is 448 g/mol. The molecule has 0 aliphatic carbocycles. The lowest BCUT2D eigenvalue weighted by Gasteiger charge is -2.16. The van der Waals surface area contributed by atoms with Gasteiger partial charge in [0.05, 0.1) is 18.7 Å². The number of nitrogen functional groups attached to an aromatic ring is 1. The molecule has 1 saturated heterocycles. The van der Waals surface area contributed by atoms with Crippen LogP contribution in [0.2, 0.25) is 0 Å². The number of hydrogen-bond donors (Lipinski definition) is 4. The molecule has 0 bridgehead atoms. The van der Waals surface area contributed by atoms with Crippen molar-refractivity contribution in [3.63, 3.8) is 0 Å². The number of imidazole rings is 1. The van der Waals surface area contributed by atoms with Crippen LogP contribution >= 0.6 is 11.8 Å². The van der Waals surface area contributed by atoms with E-state index in [0.29, 0.717) is 5.56 Å². The van der Waals surface area contributed by atoms with Crippen molar-refractivity contribution in [2.75, 3.05) is 18.1 Å². The van der Waals surface area contributed by atoms with E-state index in [1.807, 2.05) is 0 Å². The first kappa shape index (κ1) is 21.4. The van der Waals surface area contributed by atoms with E-state index in [9.17, 15) is 25.4 Å². The SMILES string of the molecule is Nc1nc(SCC(c2ccccc2)[N+](=O)[O-])nc2c1ncn2[C@@H]1O[C@H](CO)C(O)C1O. The van der Waals surface area contributed by atoms with Gasteiger partial charge in [-0.3, -0.25) is 14.7 Å². The molecule has 3 aromatic rings. The van der Waals surface area contributed by atoms with Gasteiger partial charge in [0.25, 0.3) is 0 Å². The normalized spacial score (nSPS) is 24.5. The van der Waals surface area contributed by atoms with Crippen LogP contribution in [-0.4, -0.2) is 70.4 Å². The van der Waals surface area contributed by atoms with Crippen LogP contribution < -0.4 is 5.73 Å². The monoisotopic (exact) mass is 448 g/mol. The molecule has 0 radical (unpaired) electrons. The molecule has 5 atom stereocenters. The Bertz CT molecular complexity index is 1080. The Balaban J connectivity index is 1.61. The van der Waals surface area contributed by atoms with Crippen LogP contribution in [0.15, 0.2) is 41.8 Å². The minimum Gasteiger partial charge on any atom is -0.394 e. The van der Waals surface area contributed by atoms with Crippen molar-refractivity contribution in [2.45, 2.75) is 35.7 Å². The van der Waals surface area contributed by atoms with Gasteiger partial charge in [-0.25, -0.2) is 15.0 Å². The molecule has 2 aromatic heterocycles. The molecule has 1 aromatic carbocycles. The lowest BCUT2D eigenvalue weighted by Crippen LogP contribution is -2.33. The molecule has 0 spiro atoms. The Kier molecular flexibility index (Phi) is 6.02. The van der Waals surface area contributed by atoms with Crippen molar-refractivity contribution in [3.8, 4) is 0 Å². The van der Waals surface area contributed by atoms with E-state index >= 15 is 0 Å². The molecule has 4 rings (SSSR count). The van der Waals surface area contributed by atoms with Crippen molar-refractivity contribution in [1.29, 1.82) is 0 Å². The van der Waals surface area contributed by atoms with Crippen LogP contribution in [0.1, 0.15) is 17.8 Å². The predicted molar refractivity (Wildman–Crippen MR) is 110 cm³/mol. The topological polar surface area (TPSA) is 183 Å². The number of aliphatic hydroxyl groups is 3. The summed E-state index contributed by atoms with van der Waals surface area (Å²) in [4.78, 5) is 23.9. The third-order valence-electron chi connectivity index (χ3n) is 5.03. The Hall–Kier alpha value is -2.84. The van der Waals surface area contributed by atoms with Gasteiger partial charge in [-0.15, -0.1) is 0 Å². The molecule has 0 amide bonds. The fraction of sp³-hybridized carbons (Fsp3) is 0.389. The number of nitrogens with zero attached hydrogens (tertiary/aromatic N) is 5. The molecular formula is C18H20N6O6S. The first-order chi connectivity index (χ1) is 14.9. The lowest BCUT2D eigenvalue weighted by atomic mass is 10.1. The number of anilines is 1. The maximum Gasteiger partial charge on any atom is 0.247 e. The summed E-state index contributed by atoms with van der Waals surface area (Å²) in [5.74, 6) is 0.139. The van der Waals surface area contributed by atoms with Crippen molar-refractivity contribution < 1.29 is 25.0 Å². The van der Waals surface area contributed by atoms with Crippen LogP contribution in [0.25, 0.3) is 11.2 Å². The first-order valence-corrected chi connectivity index (χ1v) is 10.3. The predicted octanol–water partition coefficient (Wildman–Crippen LogP) is 0.130. The highest BCUT2D eigenvalue weighted by atomic mass is 32.2. The van der Waals surface area contributed by atoms with E-state index in [-0.39, 0.29) is 32.8 Å². The Morgan fingerprint density at radius 3 is 2.65 bits per heavy atom. The second-order valence-electron chi connectivity index (χ2n) is 6.97. The first-order valence-electron chi connectivity index (χ1n) is 9.34. The van der Waals surface area contributed by atoms with Gasteiger partial charge in [0.15, 0.2) is 22.8 Å². The van der Waals surface area contributed by atoms with Crippen LogP contribution in [0, 0.1) is 10.1 Å². The number of ether oxygens (including phenoxy) is 1. The molecule has 13 heteroatoms. The zero-order valence-corrected chi connectivity index (χ0v) is 16.9. The van der Waals surface area contributed by atoms with Gasteiger partial charge in [-0.1, -0.05) is 42.1 Å². The third-order valence-corrected chi connectivity index (χ3v) is 5.95. The fourth-order valence-corrected chi connectivity index (χ4v) is 4.32. The molecule has 0 saturated carbocycles. The van der Waals surface area contributed by atoms with Crippen molar-refractivity contribution >= 4 is 28.7 Å². The summed E-state index contributed by atoms with van der Waals surface area (Å²) in [6, 6.07) is 7.65.